The minimum Gasteiger partial charge on any atom is -0.491 e. The van der Waals surface area contributed by atoms with Crippen molar-refractivity contribution in [2.75, 3.05) is 13.2 Å². The van der Waals surface area contributed by atoms with Crippen molar-refractivity contribution >= 4 is 5.91 Å². The smallest absolute Gasteiger partial charge is 0.275 e. The molecule has 1 aliphatic carbocycles. The Labute approximate surface area is 127 Å². The van der Waals surface area contributed by atoms with Crippen LogP contribution in [0.2, 0.25) is 0 Å². The Balaban J connectivity index is 1.63. The van der Waals surface area contributed by atoms with Gasteiger partial charge in [0.05, 0.1) is 6.54 Å². The number of hydrogen-bond donors (Lipinski definition) is 1. The largest absolute Gasteiger partial charge is 0.491 e. The van der Waals surface area contributed by atoms with Crippen molar-refractivity contribution in [1.29, 1.82) is 0 Å². The van der Waals surface area contributed by atoms with E-state index < -0.39 is 0 Å². The summed E-state index contributed by atoms with van der Waals surface area (Å²) < 4.78 is 19.0. The van der Waals surface area contributed by atoms with Gasteiger partial charge in [0.15, 0.2) is 5.69 Å². The highest BCUT2D eigenvalue weighted by Gasteiger charge is 2.28. The van der Waals surface area contributed by atoms with Gasteiger partial charge in [-0.25, -0.2) is 4.39 Å². The Morgan fingerprint density at radius 1 is 1.36 bits per heavy atom. The summed E-state index contributed by atoms with van der Waals surface area (Å²) in [5, 5.41) is 7.15. The molecular formula is C16H16FN3O2. The monoisotopic (exact) mass is 301 g/mol. The molecule has 22 heavy (non-hydrogen) atoms. The summed E-state index contributed by atoms with van der Waals surface area (Å²) >= 11 is 0. The average Bonchev–Trinajstić information content (AvgIpc) is 3.04. The molecule has 1 aliphatic heterocycles. The molecular weight excluding hydrogens is 285 g/mol. The lowest BCUT2D eigenvalue weighted by Gasteiger charge is -2.19. The fraction of sp³-hybridized carbons (Fsp3) is 0.375. The molecule has 0 bridgehead atoms. The van der Waals surface area contributed by atoms with E-state index in [2.05, 4.69) is 10.2 Å². The summed E-state index contributed by atoms with van der Waals surface area (Å²) in [6.45, 7) is 1.21. The Bertz CT molecular complexity index is 741. The molecule has 0 fully saturated rings. The van der Waals surface area contributed by atoms with Crippen molar-refractivity contribution < 1.29 is 13.9 Å². The fourth-order valence-electron chi connectivity index (χ4n) is 3.18. The van der Waals surface area contributed by atoms with Crippen molar-refractivity contribution in [2.45, 2.75) is 25.8 Å². The minimum absolute atomic E-state index is 0.111. The molecule has 0 atom stereocenters. The SMILES string of the molecule is O=C(c1n[nH]c2c1CCC2)N1CCOc2ccc(F)cc2C1. The third kappa shape index (κ3) is 2.15. The molecule has 0 radical (unpaired) electrons. The lowest BCUT2D eigenvalue weighted by atomic mass is 10.1. The molecule has 2 heterocycles. The second-order valence-corrected chi connectivity index (χ2v) is 5.71. The zero-order chi connectivity index (χ0) is 15.1. The molecule has 1 aromatic heterocycles. The normalized spacial score (nSPS) is 16.7. The number of nitrogens with one attached hydrogen (secondary N) is 1. The first-order chi connectivity index (χ1) is 10.7. The number of carbonyl (C=O) groups excluding carboxylic acids is 1. The molecule has 5 nitrogen and oxygen atoms in total. The molecule has 2 aliphatic rings. The summed E-state index contributed by atoms with van der Waals surface area (Å²) in [5.74, 6) is 0.210. The zero-order valence-corrected chi connectivity index (χ0v) is 12.1. The molecule has 0 spiro atoms. The van der Waals surface area contributed by atoms with Crippen LogP contribution in [-0.2, 0) is 19.4 Å². The number of halogens is 1. The number of carbonyl (C=O) groups is 1. The standard InChI is InChI=1S/C16H16FN3O2/c17-11-4-5-14-10(8-11)9-20(6-7-22-14)16(21)15-12-2-1-3-13(12)18-19-15/h4-5,8H,1-3,6-7,9H2,(H,18,19). The van der Waals surface area contributed by atoms with E-state index in [1.165, 1.54) is 12.1 Å². The maximum absolute atomic E-state index is 13.4. The predicted molar refractivity (Wildman–Crippen MR) is 77.2 cm³/mol. The number of nitrogens with zero attached hydrogens (tertiary/aromatic N) is 2. The Morgan fingerprint density at radius 2 is 2.27 bits per heavy atom. The number of aromatic amines is 1. The summed E-state index contributed by atoms with van der Waals surface area (Å²) in [6.07, 6.45) is 2.90. The molecule has 4 rings (SSSR count). The highest BCUT2D eigenvalue weighted by atomic mass is 19.1. The Hall–Kier alpha value is -2.37. The average molecular weight is 301 g/mol. The van der Waals surface area contributed by atoms with Gasteiger partial charge in [-0.1, -0.05) is 0 Å². The van der Waals surface area contributed by atoms with Crippen molar-refractivity contribution in [2.24, 2.45) is 0 Å². The predicted octanol–water partition coefficient (Wildman–Crippen LogP) is 2.07. The number of ether oxygens (including phenoxy) is 1. The fourth-order valence-corrected chi connectivity index (χ4v) is 3.18. The van der Waals surface area contributed by atoms with E-state index in [1.807, 2.05) is 0 Å². The first-order valence-electron chi connectivity index (χ1n) is 7.49. The van der Waals surface area contributed by atoms with Crippen LogP contribution in [0.15, 0.2) is 18.2 Å². The van der Waals surface area contributed by atoms with Gasteiger partial charge in [0.25, 0.3) is 5.91 Å². The van der Waals surface area contributed by atoms with Crippen molar-refractivity contribution in [3.8, 4) is 5.75 Å². The number of aryl methyl sites for hydroxylation is 1. The van der Waals surface area contributed by atoms with Gasteiger partial charge in [0.1, 0.15) is 18.2 Å². The quantitative estimate of drug-likeness (QED) is 0.877. The van der Waals surface area contributed by atoms with E-state index in [4.69, 9.17) is 4.74 Å². The van der Waals surface area contributed by atoms with Gasteiger partial charge in [0, 0.05) is 23.4 Å². The first-order valence-corrected chi connectivity index (χ1v) is 7.49. The number of hydrogen-bond acceptors (Lipinski definition) is 3. The lowest BCUT2D eigenvalue weighted by molar-refractivity contribution is 0.0726. The topological polar surface area (TPSA) is 58.2 Å². The third-order valence-electron chi connectivity index (χ3n) is 4.30. The molecule has 6 heteroatoms. The minimum atomic E-state index is -0.322. The van der Waals surface area contributed by atoms with Gasteiger partial charge in [-0.3, -0.25) is 9.89 Å². The summed E-state index contributed by atoms with van der Waals surface area (Å²) in [6, 6.07) is 4.41. The summed E-state index contributed by atoms with van der Waals surface area (Å²) in [4.78, 5) is 14.4. The van der Waals surface area contributed by atoms with Crippen LogP contribution in [0.4, 0.5) is 4.39 Å². The van der Waals surface area contributed by atoms with Crippen LogP contribution in [0.1, 0.15) is 33.7 Å². The molecule has 2 aromatic rings. The van der Waals surface area contributed by atoms with Gasteiger partial charge >= 0.3 is 0 Å². The van der Waals surface area contributed by atoms with Crippen molar-refractivity contribution in [3.05, 3.63) is 46.5 Å². The van der Waals surface area contributed by atoms with Crippen LogP contribution >= 0.6 is 0 Å². The summed E-state index contributed by atoms with van der Waals surface area (Å²) in [5.41, 5.74) is 3.31. The van der Waals surface area contributed by atoms with Gasteiger partial charge in [0.2, 0.25) is 0 Å². The maximum atomic E-state index is 13.4. The van der Waals surface area contributed by atoms with Gasteiger partial charge in [-0.15, -0.1) is 0 Å². The second-order valence-electron chi connectivity index (χ2n) is 5.71. The van der Waals surface area contributed by atoms with Crippen LogP contribution in [0.25, 0.3) is 0 Å². The molecule has 1 amide bonds. The Morgan fingerprint density at radius 3 is 3.18 bits per heavy atom. The molecule has 0 saturated carbocycles. The van der Waals surface area contributed by atoms with E-state index >= 15 is 0 Å². The van der Waals surface area contributed by atoms with E-state index in [0.717, 1.165) is 30.5 Å². The summed E-state index contributed by atoms with van der Waals surface area (Å²) in [7, 11) is 0. The molecule has 1 aromatic carbocycles. The van der Waals surface area contributed by atoms with Gasteiger partial charge in [-0.05, 0) is 37.5 Å². The van der Waals surface area contributed by atoms with Crippen LogP contribution in [0, 0.1) is 5.82 Å². The number of rotatable bonds is 1. The molecule has 1 N–H and O–H groups in total. The van der Waals surface area contributed by atoms with Crippen LogP contribution in [0.3, 0.4) is 0 Å². The first kappa shape index (κ1) is 13.3. The number of aromatic nitrogens is 2. The van der Waals surface area contributed by atoms with Crippen LogP contribution in [-0.4, -0.2) is 34.2 Å². The van der Waals surface area contributed by atoms with E-state index in [0.29, 0.717) is 36.7 Å². The highest BCUT2D eigenvalue weighted by Crippen LogP contribution is 2.27. The molecule has 0 unspecified atom stereocenters. The number of fused-ring (bicyclic) bond motifs is 2. The zero-order valence-electron chi connectivity index (χ0n) is 12.1. The number of amides is 1. The third-order valence-corrected chi connectivity index (χ3v) is 4.30. The van der Waals surface area contributed by atoms with Crippen LogP contribution < -0.4 is 4.74 Å². The van der Waals surface area contributed by atoms with E-state index in [-0.39, 0.29) is 11.7 Å². The Kier molecular flexibility index (Phi) is 3.10. The highest BCUT2D eigenvalue weighted by molar-refractivity contribution is 5.94. The number of benzene rings is 1. The van der Waals surface area contributed by atoms with Gasteiger partial charge < -0.3 is 9.64 Å². The van der Waals surface area contributed by atoms with E-state index in [9.17, 15) is 9.18 Å². The van der Waals surface area contributed by atoms with Gasteiger partial charge in [-0.2, -0.15) is 5.10 Å². The van der Waals surface area contributed by atoms with Crippen LogP contribution in [0.5, 0.6) is 5.75 Å². The molecule has 0 saturated heterocycles. The van der Waals surface area contributed by atoms with E-state index in [1.54, 1.807) is 11.0 Å². The number of H-pyrrole nitrogens is 1. The van der Waals surface area contributed by atoms with Crippen molar-refractivity contribution in [3.63, 3.8) is 0 Å². The molecule has 114 valence electrons. The maximum Gasteiger partial charge on any atom is 0.275 e. The lowest BCUT2D eigenvalue weighted by Crippen LogP contribution is -2.33. The second kappa shape index (κ2) is 5.12. The van der Waals surface area contributed by atoms with Crippen molar-refractivity contribution in [1.82, 2.24) is 15.1 Å².